The Balaban J connectivity index is 1.57. The van der Waals surface area contributed by atoms with Crippen LogP contribution in [-0.4, -0.2) is 18.0 Å². The summed E-state index contributed by atoms with van der Waals surface area (Å²) in [5.74, 6) is 0.321. The first kappa shape index (κ1) is 15.1. The van der Waals surface area contributed by atoms with Crippen LogP contribution in [0.3, 0.4) is 0 Å². The molecule has 120 valence electrons. The molecule has 3 aromatic rings. The number of hydrogen-bond acceptors (Lipinski definition) is 1. The smallest absolute Gasteiger partial charge is 0.123 e. The molecular weight excluding hydrogens is 297 g/mol. The normalized spacial score (nSPS) is 15.4. The van der Waals surface area contributed by atoms with Gasteiger partial charge in [-0.3, -0.25) is 4.90 Å². The van der Waals surface area contributed by atoms with Crippen LogP contribution in [0.1, 0.15) is 28.7 Å². The lowest BCUT2D eigenvalue weighted by Gasteiger charge is -2.45. The van der Waals surface area contributed by atoms with Gasteiger partial charge in [-0.1, -0.05) is 72.8 Å². The lowest BCUT2D eigenvalue weighted by molar-refractivity contribution is 0.111. The van der Waals surface area contributed by atoms with E-state index in [1.165, 1.54) is 16.7 Å². The number of rotatable bonds is 4. The summed E-state index contributed by atoms with van der Waals surface area (Å²) in [6, 6.07) is 28.5. The summed E-state index contributed by atoms with van der Waals surface area (Å²) in [5.41, 5.74) is 3.87. The first-order valence-electron chi connectivity index (χ1n) is 8.40. The van der Waals surface area contributed by atoms with E-state index < -0.39 is 0 Å². The molecule has 0 bridgehead atoms. The number of benzene rings is 3. The second kappa shape index (κ2) is 6.58. The minimum Gasteiger partial charge on any atom is -0.291 e. The fourth-order valence-electron chi connectivity index (χ4n) is 3.55. The number of nitrogens with zero attached hydrogens (tertiary/aromatic N) is 1. The zero-order valence-corrected chi connectivity index (χ0v) is 13.5. The van der Waals surface area contributed by atoms with Crippen LogP contribution in [0.4, 0.5) is 4.39 Å². The predicted octanol–water partition coefficient (Wildman–Crippen LogP) is 5.01. The van der Waals surface area contributed by atoms with Gasteiger partial charge in [0.25, 0.3) is 0 Å². The van der Waals surface area contributed by atoms with Crippen molar-refractivity contribution >= 4 is 0 Å². The average molecular weight is 317 g/mol. The van der Waals surface area contributed by atoms with Crippen LogP contribution < -0.4 is 0 Å². The van der Waals surface area contributed by atoms with Crippen LogP contribution in [0, 0.1) is 5.82 Å². The van der Waals surface area contributed by atoms with E-state index in [0.717, 1.165) is 13.1 Å². The summed E-state index contributed by atoms with van der Waals surface area (Å²) < 4.78 is 13.1. The molecule has 0 atom stereocenters. The molecule has 1 fully saturated rings. The van der Waals surface area contributed by atoms with Gasteiger partial charge in [-0.05, 0) is 28.8 Å². The Morgan fingerprint density at radius 1 is 0.708 bits per heavy atom. The van der Waals surface area contributed by atoms with Gasteiger partial charge in [0.15, 0.2) is 0 Å². The van der Waals surface area contributed by atoms with Gasteiger partial charge in [-0.15, -0.1) is 0 Å². The number of likely N-dealkylation sites (tertiary alicyclic amines) is 1. The molecule has 0 saturated carbocycles. The second-order valence-corrected chi connectivity index (χ2v) is 6.43. The Kier molecular flexibility index (Phi) is 4.14. The van der Waals surface area contributed by atoms with Crippen molar-refractivity contribution in [3.05, 3.63) is 107 Å². The Morgan fingerprint density at radius 2 is 1.21 bits per heavy atom. The third-order valence-corrected chi connectivity index (χ3v) is 4.85. The van der Waals surface area contributed by atoms with Crippen LogP contribution in [0.15, 0.2) is 84.9 Å². The molecule has 2 heteroatoms. The fourth-order valence-corrected chi connectivity index (χ4v) is 3.55. The zero-order chi connectivity index (χ0) is 16.4. The molecule has 1 aliphatic heterocycles. The Morgan fingerprint density at radius 3 is 1.71 bits per heavy atom. The van der Waals surface area contributed by atoms with Gasteiger partial charge in [0.05, 0.1) is 6.04 Å². The largest absolute Gasteiger partial charge is 0.291 e. The standard InChI is InChI=1S/C22H20FN/c23-21-13-11-17(12-14-21)20-15-24(16-20)22(18-7-3-1-4-8-18)19-9-5-2-6-10-19/h1-14,20,22H,15-16H2. The fraction of sp³-hybridized carbons (Fsp3) is 0.182. The molecule has 1 heterocycles. The van der Waals surface area contributed by atoms with Gasteiger partial charge < -0.3 is 0 Å². The van der Waals surface area contributed by atoms with Crippen LogP contribution in [0.25, 0.3) is 0 Å². The molecule has 0 amide bonds. The van der Waals surface area contributed by atoms with E-state index >= 15 is 0 Å². The highest BCUT2D eigenvalue weighted by molar-refractivity contribution is 5.34. The highest BCUT2D eigenvalue weighted by atomic mass is 19.1. The van der Waals surface area contributed by atoms with Crippen LogP contribution in [0.2, 0.25) is 0 Å². The van der Waals surface area contributed by atoms with Crippen LogP contribution in [-0.2, 0) is 0 Å². The summed E-state index contributed by atoms with van der Waals surface area (Å²) in [5, 5.41) is 0. The first-order valence-corrected chi connectivity index (χ1v) is 8.40. The van der Waals surface area contributed by atoms with Crippen LogP contribution >= 0.6 is 0 Å². The first-order chi connectivity index (χ1) is 11.8. The van der Waals surface area contributed by atoms with Gasteiger partial charge >= 0.3 is 0 Å². The SMILES string of the molecule is Fc1ccc(C2CN(C(c3ccccc3)c3ccccc3)C2)cc1. The van der Waals surface area contributed by atoms with Gasteiger partial charge in [0, 0.05) is 19.0 Å². The van der Waals surface area contributed by atoms with Crippen molar-refractivity contribution in [1.82, 2.24) is 4.90 Å². The second-order valence-electron chi connectivity index (χ2n) is 6.43. The van der Waals surface area contributed by atoms with E-state index in [1.54, 1.807) is 12.1 Å². The van der Waals surface area contributed by atoms with Crippen molar-refractivity contribution in [2.45, 2.75) is 12.0 Å². The maximum Gasteiger partial charge on any atom is 0.123 e. The summed E-state index contributed by atoms with van der Waals surface area (Å²) in [6.07, 6.45) is 0. The maximum atomic E-state index is 13.1. The Bertz CT molecular complexity index is 738. The van der Waals surface area contributed by atoms with E-state index in [0.29, 0.717) is 5.92 Å². The molecule has 0 N–H and O–H groups in total. The van der Waals surface area contributed by atoms with Gasteiger partial charge in [-0.2, -0.15) is 0 Å². The molecule has 1 aliphatic rings. The third-order valence-electron chi connectivity index (χ3n) is 4.85. The van der Waals surface area contributed by atoms with Crippen molar-refractivity contribution < 1.29 is 4.39 Å². The average Bonchev–Trinajstić information content (AvgIpc) is 2.60. The molecule has 1 saturated heterocycles. The van der Waals surface area contributed by atoms with Gasteiger partial charge in [0.2, 0.25) is 0 Å². The van der Waals surface area contributed by atoms with Crippen LogP contribution in [0.5, 0.6) is 0 Å². The lowest BCUT2D eigenvalue weighted by Crippen LogP contribution is -2.47. The summed E-state index contributed by atoms with van der Waals surface area (Å²) in [7, 11) is 0. The maximum absolute atomic E-state index is 13.1. The molecule has 0 unspecified atom stereocenters. The van der Waals surface area contributed by atoms with E-state index in [2.05, 4.69) is 65.6 Å². The van der Waals surface area contributed by atoms with E-state index in [-0.39, 0.29) is 11.9 Å². The van der Waals surface area contributed by atoms with Crippen molar-refractivity contribution in [3.8, 4) is 0 Å². The molecule has 0 radical (unpaired) electrons. The van der Waals surface area contributed by atoms with Gasteiger partial charge in [-0.25, -0.2) is 4.39 Å². The molecule has 0 spiro atoms. The zero-order valence-electron chi connectivity index (χ0n) is 13.5. The molecule has 4 rings (SSSR count). The van der Waals surface area contributed by atoms with Crippen molar-refractivity contribution in [3.63, 3.8) is 0 Å². The van der Waals surface area contributed by atoms with Gasteiger partial charge in [0.1, 0.15) is 5.82 Å². The monoisotopic (exact) mass is 317 g/mol. The summed E-state index contributed by atoms with van der Waals surface area (Å²) in [6.45, 7) is 2.00. The Labute approximate surface area is 142 Å². The summed E-state index contributed by atoms with van der Waals surface area (Å²) >= 11 is 0. The molecule has 1 nitrogen and oxygen atoms in total. The Hall–Kier alpha value is -2.45. The topological polar surface area (TPSA) is 3.24 Å². The quantitative estimate of drug-likeness (QED) is 0.653. The molecule has 0 aliphatic carbocycles. The lowest BCUT2D eigenvalue weighted by atomic mass is 9.86. The van der Waals surface area contributed by atoms with Crippen molar-refractivity contribution in [1.29, 1.82) is 0 Å². The predicted molar refractivity (Wildman–Crippen MR) is 95.4 cm³/mol. The highest BCUT2D eigenvalue weighted by Gasteiger charge is 2.34. The molecule has 3 aromatic carbocycles. The minimum absolute atomic E-state index is 0.165. The molecule has 24 heavy (non-hydrogen) atoms. The minimum atomic E-state index is -0.165. The molecule has 0 aromatic heterocycles. The summed E-state index contributed by atoms with van der Waals surface area (Å²) in [4.78, 5) is 2.50. The van der Waals surface area contributed by atoms with E-state index in [1.807, 2.05) is 12.1 Å². The van der Waals surface area contributed by atoms with Crippen molar-refractivity contribution in [2.75, 3.05) is 13.1 Å². The third kappa shape index (κ3) is 2.98. The highest BCUT2D eigenvalue weighted by Crippen LogP contribution is 2.37. The molecular formula is C22H20FN. The van der Waals surface area contributed by atoms with E-state index in [9.17, 15) is 4.39 Å². The van der Waals surface area contributed by atoms with Crippen molar-refractivity contribution in [2.24, 2.45) is 0 Å². The number of halogens is 1. The van der Waals surface area contributed by atoms with E-state index in [4.69, 9.17) is 0 Å². The number of hydrogen-bond donors (Lipinski definition) is 0.